The molecule has 0 saturated carbocycles. The first-order valence-corrected chi connectivity index (χ1v) is 5.11. The number of carbonyl (C=O) groups excluding carboxylic acids is 1. The predicted octanol–water partition coefficient (Wildman–Crippen LogP) is 2.17. The summed E-state index contributed by atoms with van der Waals surface area (Å²) in [4.78, 5) is 16.9. The zero-order valence-corrected chi connectivity index (χ0v) is 10.4. The van der Waals surface area contributed by atoms with Gasteiger partial charge in [0.15, 0.2) is 0 Å². The Kier molecular flexibility index (Phi) is 4.51. The number of aliphatic imine (C=N–C) groups is 1. The van der Waals surface area contributed by atoms with Gasteiger partial charge in [0.05, 0.1) is 7.11 Å². The van der Waals surface area contributed by atoms with Gasteiger partial charge in [0.2, 0.25) is 0 Å². The van der Waals surface area contributed by atoms with E-state index < -0.39 is 6.09 Å². The number of hydrogen-bond acceptors (Lipinski definition) is 3. The van der Waals surface area contributed by atoms with E-state index in [0.717, 1.165) is 0 Å². The molecule has 0 fully saturated rings. The molecule has 0 atom stereocenters. The first kappa shape index (κ1) is 13.0. The van der Waals surface area contributed by atoms with Gasteiger partial charge in [0.1, 0.15) is 17.3 Å². The number of ether oxygens (including phenoxy) is 2. The highest BCUT2D eigenvalue weighted by atomic mass is 16.5. The minimum atomic E-state index is -0.638. The zero-order valence-electron chi connectivity index (χ0n) is 10.4. The summed E-state index contributed by atoms with van der Waals surface area (Å²) in [6.45, 7) is 1.73. The van der Waals surface area contributed by atoms with E-state index in [0.29, 0.717) is 17.3 Å². The summed E-state index contributed by atoms with van der Waals surface area (Å²) in [7, 11) is 5.19. The van der Waals surface area contributed by atoms with Crippen molar-refractivity contribution in [1.29, 1.82) is 0 Å². The molecule has 5 nitrogen and oxygen atoms in total. The molecule has 0 aliphatic heterocycles. The van der Waals surface area contributed by atoms with Crippen LogP contribution in [0.4, 0.5) is 4.79 Å². The van der Waals surface area contributed by atoms with Crippen LogP contribution < -0.4 is 9.47 Å². The number of carbonyl (C=O) groups is 1. The Morgan fingerprint density at radius 1 is 1.18 bits per heavy atom. The third-order valence-corrected chi connectivity index (χ3v) is 2.16. The summed E-state index contributed by atoms with van der Waals surface area (Å²) in [5.41, 5.74) is 0. The molecule has 0 aliphatic rings. The van der Waals surface area contributed by atoms with Crippen LogP contribution in [0, 0.1) is 0 Å². The van der Waals surface area contributed by atoms with Crippen LogP contribution in [-0.2, 0) is 0 Å². The van der Waals surface area contributed by atoms with Gasteiger partial charge >= 0.3 is 6.09 Å². The average molecular weight is 236 g/mol. The molecular formula is C12H16N2O3. The fraction of sp³-hybridized carbons (Fsp3) is 0.333. The van der Waals surface area contributed by atoms with E-state index in [1.807, 2.05) is 0 Å². The quantitative estimate of drug-likeness (QED) is 0.583. The lowest BCUT2D eigenvalue weighted by molar-refractivity contribution is 0.211. The SMILES string of the molecule is COc1ccc(OC(=O)/N=C(/C)N(C)C)cc1. The Hall–Kier alpha value is -2.04. The van der Waals surface area contributed by atoms with Crippen molar-refractivity contribution in [2.45, 2.75) is 6.92 Å². The van der Waals surface area contributed by atoms with Crippen molar-refractivity contribution < 1.29 is 14.3 Å². The van der Waals surface area contributed by atoms with Crippen LogP contribution in [0.1, 0.15) is 6.92 Å². The highest BCUT2D eigenvalue weighted by Crippen LogP contribution is 2.17. The van der Waals surface area contributed by atoms with Crippen molar-refractivity contribution in [2.75, 3.05) is 21.2 Å². The van der Waals surface area contributed by atoms with Crippen molar-refractivity contribution in [3.8, 4) is 11.5 Å². The van der Waals surface area contributed by atoms with E-state index in [-0.39, 0.29) is 0 Å². The third-order valence-electron chi connectivity index (χ3n) is 2.16. The monoisotopic (exact) mass is 236 g/mol. The van der Waals surface area contributed by atoms with Gasteiger partial charge in [-0.05, 0) is 31.2 Å². The number of rotatable bonds is 2. The molecule has 1 aromatic rings. The maximum Gasteiger partial charge on any atom is 0.440 e. The number of nitrogens with zero attached hydrogens (tertiary/aromatic N) is 2. The first-order valence-electron chi connectivity index (χ1n) is 5.11. The summed E-state index contributed by atoms with van der Waals surface area (Å²) >= 11 is 0. The molecule has 0 aliphatic carbocycles. The molecule has 0 saturated heterocycles. The second kappa shape index (κ2) is 5.89. The molecule has 0 unspecified atom stereocenters. The van der Waals surface area contributed by atoms with Gasteiger partial charge in [0, 0.05) is 14.1 Å². The summed E-state index contributed by atoms with van der Waals surface area (Å²) < 4.78 is 10.0. The molecule has 0 spiro atoms. The largest absolute Gasteiger partial charge is 0.497 e. The molecule has 0 radical (unpaired) electrons. The first-order chi connectivity index (χ1) is 8.02. The molecule has 5 heteroatoms. The van der Waals surface area contributed by atoms with Gasteiger partial charge in [0.25, 0.3) is 0 Å². The maximum atomic E-state index is 11.4. The number of benzene rings is 1. The number of amidine groups is 1. The number of hydrogen-bond donors (Lipinski definition) is 0. The van der Waals surface area contributed by atoms with E-state index in [1.54, 1.807) is 57.3 Å². The number of amides is 1. The second-order valence-electron chi connectivity index (χ2n) is 3.60. The fourth-order valence-corrected chi connectivity index (χ4v) is 1.000. The maximum absolute atomic E-state index is 11.4. The van der Waals surface area contributed by atoms with Crippen LogP contribution in [0.5, 0.6) is 11.5 Å². The van der Waals surface area contributed by atoms with Crippen LogP contribution >= 0.6 is 0 Å². The van der Waals surface area contributed by atoms with E-state index in [9.17, 15) is 4.79 Å². The van der Waals surface area contributed by atoms with Gasteiger partial charge in [-0.25, -0.2) is 4.79 Å². The Morgan fingerprint density at radius 2 is 1.71 bits per heavy atom. The lowest BCUT2D eigenvalue weighted by Crippen LogP contribution is -2.20. The van der Waals surface area contributed by atoms with Crippen LogP contribution in [0.3, 0.4) is 0 Å². The Balaban J connectivity index is 2.65. The Bertz CT molecular complexity index is 410. The van der Waals surface area contributed by atoms with E-state index in [1.165, 1.54) is 0 Å². The Labute approximate surface area is 101 Å². The van der Waals surface area contributed by atoms with Crippen LogP contribution in [0.2, 0.25) is 0 Å². The lowest BCUT2D eigenvalue weighted by atomic mass is 10.3. The smallest absolute Gasteiger partial charge is 0.440 e. The van der Waals surface area contributed by atoms with Crippen molar-refractivity contribution in [3.05, 3.63) is 24.3 Å². The standard InChI is InChI=1S/C12H16N2O3/c1-9(14(2)3)13-12(15)17-11-7-5-10(16-4)6-8-11/h5-8H,1-4H3/b13-9-. The molecule has 92 valence electrons. The molecule has 17 heavy (non-hydrogen) atoms. The minimum Gasteiger partial charge on any atom is -0.497 e. The topological polar surface area (TPSA) is 51.1 Å². The van der Waals surface area contributed by atoms with E-state index in [2.05, 4.69) is 4.99 Å². The fourth-order valence-electron chi connectivity index (χ4n) is 1.000. The van der Waals surface area contributed by atoms with Crippen molar-refractivity contribution in [1.82, 2.24) is 4.90 Å². The van der Waals surface area contributed by atoms with Crippen molar-refractivity contribution >= 4 is 11.9 Å². The summed E-state index contributed by atoms with van der Waals surface area (Å²) in [6, 6.07) is 6.73. The average Bonchev–Trinajstić information content (AvgIpc) is 2.29. The zero-order chi connectivity index (χ0) is 12.8. The molecule has 0 heterocycles. The summed E-state index contributed by atoms with van der Waals surface area (Å²) in [6.07, 6.45) is -0.638. The lowest BCUT2D eigenvalue weighted by Gasteiger charge is -2.10. The predicted molar refractivity (Wildman–Crippen MR) is 65.8 cm³/mol. The molecule has 0 aromatic heterocycles. The Morgan fingerprint density at radius 3 is 2.18 bits per heavy atom. The van der Waals surface area contributed by atoms with E-state index >= 15 is 0 Å². The number of methoxy groups -OCH3 is 1. The highest BCUT2D eigenvalue weighted by Gasteiger charge is 2.04. The van der Waals surface area contributed by atoms with Crippen molar-refractivity contribution in [2.24, 2.45) is 4.99 Å². The molecule has 0 N–H and O–H groups in total. The second-order valence-corrected chi connectivity index (χ2v) is 3.60. The van der Waals surface area contributed by atoms with Gasteiger partial charge in [-0.3, -0.25) is 0 Å². The molecule has 1 rings (SSSR count). The van der Waals surface area contributed by atoms with Crippen LogP contribution in [0.25, 0.3) is 0 Å². The van der Waals surface area contributed by atoms with Gasteiger partial charge in [-0.2, -0.15) is 4.99 Å². The third kappa shape index (κ3) is 4.14. The summed E-state index contributed by atoms with van der Waals surface area (Å²) in [5.74, 6) is 1.73. The highest BCUT2D eigenvalue weighted by molar-refractivity contribution is 5.90. The van der Waals surface area contributed by atoms with Crippen molar-refractivity contribution in [3.63, 3.8) is 0 Å². The minimum absolute atomic E-state index is 0.436. The summed E-state index contributed by atoms with van der Waals surface area (Å²) in [5, 5.41) is 0. The molecular weight excluding hydrogens is 220 g/mol. The van der Waals surface area contributed by atoms with E-state index in [4.69, 9.17) is 9.47 Å². The van der Waals surface area contributed by atoms with Gasteiger partial charge in [-0.1, -0.05) is 0 Å². The van der Waals surface area contributed by atoms with Crippen LogP contribution in [-0.4, -0.2) is 38.0 Å². The molecule has 1 amide bonds. The van der Waals surface area contributed by atoms with Gasteiger partial charge in [-0.15, -0.1) is 0 Å². The normalized spacial score (nSPS) is 10.9. The van der Waals surface area contributed by atoms with Gasteiger partial charge < -0.3 is 14.4 Å². The molecule has 0 bridgehead atoms. The van der Waals surface area contributed by atoms with Crippen LogP contribution in [0.15, 0.2) is 29.3 Å². The molecule has 1 aromatic carbocycles.